The number of alkyl halides is 3. The Morgan fingerprint density at radius 2 is 2.12 bits per heavy atom. The molecule has 4 nitrogen and oxygen atoms in total. The number of hydrogen-bond donors (Lipinski definition) is 0. The van der Waals surface area contributed by atoms with Crippen molar-refractivity contribution in [3.05, 3.63) is 28.1 Å². The molecular weight excluding hydrogens is 303 g/mol. The van der Waals surface area contributed by atoms with E-state index in [4.69, 9.17) is 4.74 Å². The maximum Gasteiger partial charge on any atom is 0.416 e. The summed E-state index contributed by atoms with van der Waals surface area (Å²) >= 11 is 3.02. The molecule has 0 fully saturated rings. The van der Waals surface area contributed by atoms with E-state index in [9.17, 15) is 13.2 Å². The van der Waals surface area contributed by atoms with Gasteiger partial charge in [-0.1, -0.05) is 0 Å². The lowest BCUT2D eigenvalue weighted by Crippen LogP contribution is -2.06. The van der Waals surface area contributed by atoms with Crippen LogP contribution in [0.3, 0.4) is 0 Å². The number of ether oxygens (including phenoxy) is 1. The fraction of sp³-hybridized carbons (Fsp3) is 0.333. The predicted molar refractivity (Wildman–Crippen MR) is 56.4 cm³/mol. The summed E-state index contributed by atoms with van der Waals surface area (Å²) in [6.07, 6.45) is -4.41. The Kier molecular flexibility index (Phi) is 3.09. The Morgan fingerprint density at radius 3 is 2.71 bits per heavy atom. The minimum absolute atomic E-state index is 0.124. The van der Waals surface area contributed by atoms with E-state index in [0.717, 1.165) is 12.1 Å². The van der Waals surface area contributed by atoms with Crippen LogP contribution in [0.5, 0.6) is 0 Å². The molecule has 0 N–H and O–H groups in total. The summed E-state index contributed by atoms with van der Waals surface area (Å²) in [4.78, 5) is 3.93. The number of pyridine rings is 1. The third-order valence-corrected chi connectivity index (χ3v) is 2.60. The van der Waals surface area contributed by atoms with E-state index in [1.165, 1.54) is 11.6 Å². The highest BCUT2D eigenvalue weighted by Crippen LogP contribution is 2.31. The van der Waals surface area contributed by atoms with E-state index in [0.29, 0.717) is 5.82 Å². The fourth-order valence-electron chi connectivity index (χ4n) is 1.34. The molecule has 8 heteroatoms. The summed E-state index contributed by atoms with van der Waals surface area (Å²) in [5.41, 5.74) is -0.646. The summed E-state index contributed by atoms with van der Waals surface area (Å²) in [7, 11) is 1.46. The van der Waals surface area contributed by atoms with Crippen molar-refractivity contribution in [3.63, 3.8) is 0 Å². The highest BCUT2D eigenvalue weighted by Gasteiger charge is 2.31. The fourth-order valence-corrected chi connectivity index (χ4v) is 1.85. The van der Waals surface area contributed by atoms with Gasteiger partial charge in [-0.05, 0) is 28.1 Å². The Bertz CT molecular complexity index is 552. The van der Waals surface area contributed by atoms with Gasteiger partial charge in [-0.15, -0.1) is 5.10 Å². The maximum absolute atomic E-state index is 12.5. The molecule has 0 aliphatic heterocycles. The van der Waals surface area contributed by atoms with Crippen molar-refractivity contribution in [1.29, 1.82) is 0 Å². The Hall–Kier alpha value is -1.15. The highest BCUT2D eigenvalue weighted by molar-refractivity contribution is 9.10. The van der Waals surface area contributed by atoms with Gasteiger partial charge in [0.1, 0.15) is 11.2 Å². The second-order valence-electron chi connectivity index (χ2n) is 3.30. The zero-order chi connectivity index (χ0) is 12.6. The molecule has 0 spiro atoms. The molecule has 92 valence electrons. The quantitative estimate of drug-likeness (QED) is 0.801. The van der Waals surface area contributed by atoms with E-state index >= 15 is 0 Å². The van der Waals surface area contributed by atoms with Gasteiger partial charge in [0.25, 0.3) is 0 Å². The van der Waals surface area contributed by atoms with Crippen molar-refractivity contribution in [3.8, 4) is 0 Å². The summed E-state index contributed by atoms with van der Waals surface area (Å²) in [5, 5.41) is 3.99. The zero-order valence-corrected chi connectivity index (χ0v) is 10.2. The van der Waals surface area contributed by atoms with Gasteiger partial charge in [-0.2, -0.15) is 13.2 Å². The second kappa shape index (κ2) is 4.26. The lowest BCUT2D eigenvalue weighted by atomic mass is 10.2. The van der Waals surface area contributed by atoms with Crippen molar-refractivity contribution in [2.45, 2.75) is 12.8 Å². The van der Waals surface area contributed by atoms with Gasteiger partial charge < -0.3 is 4.74 Å². The molecule has 0 saturated heterocycles. The first-order chi connectivity index (χ1) is 7.91. The van der Waals surface area contributed by atoms with Gasteiger partial charge in [-0.3, -0.25) is 0 Å². The number of aromatic nitrogens is 3. The standard InChI is InChI=1S/C9H7BrF3N3O/c1-17-4-7-14-8-3-5(9(11,12)13)2-6(10)16(8)15-7/h2-3H,4H2,1H3. The predicted octanol–water partition coefficient (Wildman–Crippen LogP) is 2.66. The van der Waals surface area contributed by atoms with Crippen molar-refractivity contribution in [1.82, 2.24) is 14.6 Å². The van der Waals surface area contributed by atoms with Crippen LogP contribution >= 0.6 is 15.9 Å². The molecule has 0 aliphatic carbocycles. The van der Waals surface area contributed by atoms with Crippen LogP contribution in [0, 0.1) is 0 Å². The molecule has 0 unspecified atom stereocenters. The third kappa shape index (κ3) is 2.42. The van der Waals surface area contributed by atoms with Gasteiger partial charge in [0.15, 0.2) is 11.5 Å². The molecule has 17 heavy (non-hydrogen) atoms. The van der Waals surface area contributed by atoms with Gasteiger partial charge in [-0.25, -0.2) is 9.50 Å². The van der Waals surface area contributed by atoms with Crippen molar-refractivity contribution in [2.75, 3.05) is 7.11 Å². The smallest absolute Gasteiger partial charge is 0.377 e. The molecular formula is C9H7BrF3N3O. The molecule has 0 bridgehead atoms. The van der Waals surface area contributed by atoms with Crippen LogP contribution in [-0.4, -0.2) is 21.7 Å². The molecule has 0 aliphatic rings. The molecule has 0 atom stereocenters. The molecule has 2 aromatic rings. The van der Waals surface area contributed by atoms with Crippen LogP contribution in [0.15, 0.2) is 16.7 Å². The van der Waals surface area contributed by atoms with E-state index in [2.05, 4.69) is 26.0 Å². The average Bonchev–Trinajstić information content (AvgIpc) is 2.60. The van der Waals surface area contributed by atoms with Crippen molar-refractivity contribution >= 4 is 21.6 Å². The monoisotopic (exact) mass is 309 g/mol. The number of nitrogens with zero attached hydrogens (tertiary/aromatic N) is 3. The van der Waals surface area contributed by atoms with Crippen molar-refractivity contribution < 1.29 is 17.9 Å². The normalized spacial score (nSPS) is 12.3. The van der Waals surface area contributed by atoms with Gasteiger partial charge in [0.2, 0.25) is 0 Å². The van der Waals surface area contributed by atoms with Gasteiger partial charge >= 0.3 is 6.18 Å². The maximum atomic E-state index is 12.5. The van der Waals surface area contributed by atoms with E-state index < -0.39 is 11.7 Å². The summed E-state index contributed by atoms with van der Waals surface area (Å²) < 4.78 is 43.9. The van der Waals surface area contributed by atoms with Crippen molar-refractivity contribution in [2.24, 2.45) is 0 Å². The Labute approximate surface area is 103 Å². The van der Waals surface area contributed by atoms with E-state index in [1.54, 1.807) is 0 Å². The summed E-state index contributed by atoms with van der Waals surface area (Å²) in [6.45, 7) is 0.148. The number of methoxy groups -OCH3 is 1. The van der Waals surface area contributed by atoms with Crippen LogP contribution in [0.4, 0.5) is 13.2 Å². The SMILES string of the molecule is COCc1nc2cc(C(F)(F)F)cc(Br)n2n1. The lowest BCUT2D eigenvalue weighted by molar-refractivity contribution is -0.137. The summed E-state index contributed by atoms with van der Waals surface area (Å²) in [5.74, 6) is 0.326. The summed E-state index contributed by atoms with van der Waals surface area (Å²) in [6, 6.07) is 1.90. The van der Waals surface area contributed by atoms with Crippen LogP contribution in [0.1, 0.15) is 11.4 Å². The second-order valence-corrected chi connectivity index (χ2v) is 4.11. The number of halogens is 4. The molecule has 0 saturated carbocycles. The first kappa shape index (κ1) is 12.3. The third-order valence-electron chi connectivity index (χ3n) is 2.04. The van der Waals surface area contributed by atoms with Crippen LogP contribution < -0.4 is 0 Å². The molecule has 2 aromatic heterocycles. The topological polar surface area (TPSA) is 39.4 Å². The minimum atomic E-state index is -4.41. The molecule has 2 rings (SSSR count). The van der Waals surface area contributed by atoms with Gasteiger partial charge in [0.05, 0.1) is 5.56 Å². The first-order valence-corrected chi connectivity index (χ1v) is 5.32. The number of rotatable bonds is 2. The number of hydrogen-bond acceptors (Lipinski definition) is 3. The van der Waals surface area contributed by atoms with Crippen LogP contribution in [-0.2, 0) is 17.5 Å². The average molecular weight is 310 g/mol. The molecule has 0 amide bonds. The molecule has 0 aromatic carbocycles. The molecule has 0 radical (unpaired) electrons. The zero-order valence-electron chi connectivity index (χ0n) is 8.62. The lowest BCUT2D eigenvalue weighted by Gasteiger charge is -2.07. The largest absolute Gasteiger partial charge is 0.416 e. The minimum Gasteiger partial charge on any atom is -0.377 e. The van der Waals surface area contributed by atoms with Crippen LogP contribution in [0.25, 0.3) is 5.65 Å². The van der Waals surface area contributed by atoms with Crippen LogP contribution in [0.2, 0.25) is 0 Å². The Morgan fingerprint density at radius 1 is 1.41 bits per heavy atom. The number of fused-ring (bicyclic) bond motifs is 1. The Balaban J connectivity index is 2.57. The highest BCUT2D eigenvalue weighted by atomic mass is 79.9. The van der Waals surface area contributed by atoms with Gasteiger partial charge in [0, 0.05) is 7.11 Å². The van der Waals surface area contributed by atoms with E-state index in [1.807, 2.05) is 0 Å². The molecule has 2 heterocycles. The van der Waals surface area contributed by atoms with E-state index in [-0.39, 0.29) is 16.9 Å². The first-order valence-electron chi connectivity index (χ1n) is 4.53.